The first-order chi connectivity index (χ1) is 6.09. The molecule has 0 bridgehead atoms. The van der Waals surface area contributed by atoms with Crippen LogP contribution in [0.5, 0.6) is 0 Å². The van der Waals surface area contributed by atoms with Crippen LogP contribution in [-0.2, 0) is 9.53 Å². The van der Waals surface area contributed by atoms with E-state index in [1.165, 1.54) is 0 Å². The number of aliphatic carboxylic acids is 1. The highest BCUT2D eigenvalue weighted by atomic mass is 16.5. The van der Waals surface area contributed by atoms with Gasteiger partial charge < -0.3 is 9.84 Å². The molecule has 0 aliphatic carbocycles. The van der Waals surface area contributed by atoms with Crippen LogP contribution >= 0.6 is 0 Å². The number of rotatable bonds is 2. The minimum absolute atomic E-state index is 0.0306. The second-order valence-electron chi connectivity index (χ2n) is 3.76. The molecule has 0 aromatic rings. The van der Waals surface area contributed by atoms with Crippen LogP contribution in [0.2, 0.25) is 0 Å². The van der Waals surface area contributed by atoms with Crippen molar-refractivity contribution < 1.29 is 14.6 Å². The molecular formula is C9H17NO3. The summed E-state index contributed by atoms with van der Waals surface area (Å²) in [5.41, 5.74) is -0.892. The maximum Gasteiger partial charge on any atom is 0.326 e. The van der Waals surface area contributed by atoms with E-state index in [4.69, 9.17) is 9.84 Å². The second-order valence-corrected chi connectivity index (χ2v) is 3.76. The molecule has 0 radical (unpaired) electrons. The Labute approximate surface area is 78.3 Å². The topological polar surface area (TPSA) is 58.6 Å². The summed E-state index contributed by atoms with van der Waals surface area (Å²) in [6.07, 6.45) is 0.877. The van der Waals surface area contributed by atoms with Crippen LogP contribution in [-0.4, -0.2) is 36.4 Å². The highest BCUT2D eigenvalue weighted by molar-refractivity contribution is 5.79. The molecule has 1 atom stereocenters. The molecule has 0 aromatic heterocycles. The summed E-state index contributed by atoms with van der Waals surface area (Å²) in [7, 11) is 0. The Balaban J connectivity index is 2.80. The van der Waals surface area contributed by atoms with E-state index in [0.717, 1.165) is 6.42 Å². The smallest absolute Gasteiger partial charge is 0.326 e. The van der Waals surface area contributed by atoms with E-state index in [1.807, 2.05) is 13.8 Å². The highest BCUT2D eigenvalue weighted by Gasteiger charge is 2.42. The normalized spacial score (nSPS) is 30.1. The Hall–Kier alpha value is -0.610. The quantitative estimate of drug-likeness (QED) is 0.660. The van der Waals surface area contributed by atoms with Crippen molar-refractivity contribution in [1.29, 1.82) is 0 Å². The van der Waals surface area contributed by atoms with Gasteiger partial charge in [0.2, 0.25) is 0 Å². The van der Waals surface area contributed by atoms with Gasteiger partial charge in [0, 0.05) is 6.61 Å². The Morgan fingerprint density at radius 3 is 2.85 bits per heavy atom. The second kappa shape index (κ2) is 4.07. The number of nitrogens with one attached hydrogen (secondary N) is 1. The molecule has 1 heterocycles. The zero-order chi connectivity index (χ0) is 9.90. The van der Waals surface area contributed by atoms with Gasteiger partial charge in [-0.25, -0.2) is 0 Å². The zero-order valence-corrected chi connectivity index (χ0v) is 8.17. The lowest BCUT2D eigenvalue weighted by atomic mass is 9.87. The van der Waals surface area contributed by atoms with E-state index in [9.17, 15) is 4.79 Å². The number of carbonyl (C=O) groups is 1. The van der Waals surface area contributed by atoms with Gasteiger partial charge in [-0.05, 0) is 18.9 Å². The van der Waals surface area contributed by atoms with Crippen LogP contribution in [0, 0.1) is 5.92 Å². The maximum absolute atomic E-state index is 11.1. The van der Waals surface area contributed by atoms with Crippen molar-refractivity contribution in [3.05, 3.63) is 0 Å². The Morgan fingerprint density at radius 2 is 2.31 bits per heavy atom. The Kier molecular flexibility index (Phi) is 3.27. The van der Waals surface area contributed by atoms with Crippen molar-refractivity contribution in [2.24, 2.45) is 5.92 Å². The van der Waals surface area contributed by atoms with Gasteiger partial charge in [-0.2, -0.15) is 0 Å². The SMILES string of the molecule is CC(C)C1(C(=O)O)COCCCN1. The number of hydrogen-bond acceptors (Lipinski definition) is 3. The molecular weight excluding hydrogens is 170 g/mol. The first-order valence-electron chi connectivity index (χ1n) is 4.66. The lowest BCUT2D eigenvalue weighted by molar-refractivity contribution is -0.149. The van der Waals surface area contributed by atoms with E-state index < -0.39 is 11.5 Å². The van der Waals surface area contributed by atoms with Crippen LogP contribution in [0.15, 0.2) is 0 Å². The van der Waals surface area contributed by atoms with Crippen molar-refractivity contribution in [2.45, 2.75) is 25.8 Å². The van der Waals surface area contributed by atoms with Crippen LogP contribution in [0.25, 0.3) is 0 Å². The third-order valence-corrected chi connectivity index (χ3v) is 2.60. The molecule has 1 saturated heterocycles. The maximum atomic E-state index is 11.1. The number of ether oxygens (including phenoxy) is 1. The predicted octanol–water partition coefficient (Wildman–Crippen LogP) is 0.476. The van der Waals surface area contributed by atoms with Crippen molar-refractivity contribution in [2.75, 3.05) is 19.8 Å². The summed E-state index contributed by atoms with van der Waals surface area (Å²) >= 11 is 0. The largest absolute Gasteiger partial charge is 0.480 e. The predicted molar refractivity (Wildman–Crippen MR) is 48.6 cm³/mol. The zero-order valence-electron chi connectivity index (χ0n) is 8.17. The van der Waals surface area contributed by atoms with Crippen LogP contribution in [0.3, 0.4) is 0 Å². The molecule has 0 aromatic carbocycles. The molecule has 4 nitrogen and oxygen atoms in total. The van der Waals surface area contributed by atoms with E-state index >= 15 is 0 Å². The molecule has 1 aliphatic heterocycles. The summed E-state index contributed by atoms with van der Waals surface area (Å²) in [5, 5.41) is 12.2. The number of hydrogen-bond donors (Lipinski definition) is 2. The monoisotopic (exact) mass is 187 g/mol. The summed E-state index contributed by atoms with van der Waals surface area (Å²) in [6.45, 7) is 5.42. The molecule has 1 fully saturated rings. The van der Waals surface area contributed by atoms with Gasteiger partial charge >= 0.3 is 5.97 Å². The summed E-state index contributed by atoms with van der Waals surface area (Å²) in [4.78, 5) is 11.1. The molecule has 2 N–H and O–H groups in total. The third-order valence-electron chi connectivity index (χ3n) is 2.60. The fraction of sp³-hybridized carbons (Fsp3) is 0.889. The lowest BCUT2D eigenvalue weighted by Gasteiger charge is -2.32. The number of carboxylic acid groups (broad SMARTS) is 1. The standard InChI is InChI=1S/C9H17NO3/c1-7(2)9(8(11)12)6-13-5-3-4-10-9/h7,10H,3-6H2,1-2H3,(H,11,12). The Bertz CT molecular complexity index is 183. The highest BCUT2D eigenvalue weighted by Crippen LogP contribution is 2.20. The van der Waals surface area contributed by atoms with Gasteiger partial charge in [-0.15, -0.1) is 0 Å². The summed E-state index contributed by atoms with van der Waals surface area (Å²) in [6, 6.07) is 0. The van der Waals surface area contributed by atoms with Gasteiger partial charge in [0.1, 0.15) is 5.54 Å². The van der Waals surface area contributed by atoms with Gasteiger partial charge in [-0.3, -0.25) is 10.1 Å². The van der Waals surface area contributed by atoms with Crippen LogP contribution in [0.4, 0.5) is 0 Å². The molecule has 1 aliphatic rings. The van der Waals surface area contributed by atoms with E-state index in [-0.39, 0.29) is 12.5 Å². The summed E-state index contributed by atoms with van der Waals surface area (Å²) in [5.74, 6) is -0.785. The molecule has 13 heavy (non-hydrogen) atoms. The molecule has 1 rings (SSSR count). The summed E-state index contributed by atoms with van der Waals surface area (Å²) < 4.78 is 5.29. The van der Waals surface area contributed by atoms with E-state index in [1.54, 1.807) is 0 Å². The average Bonchev–Trinajstić information content (AvgIpc) is 2.28. The van der Waals surface area contributed by atoms with Gasteiger partial charge in [0.25, 0.3) is 0 Å². The van der Waals surface area contributed by atoms with Crippen molar-refractivity contribution in [1.82, 2.24) is 5.32 Å². The minimum Gasteiger partial charge on any atom is -0.480 e. The third kappa shape index (κ3) is 2.00. The molecule has 0 saturated carbocycles. The molecule has 4 heteroatoms. The number of carboxylic acids is 1. The van der Waals surface area contributed by atoms with E-state index in [0.29, 0.717) is 13.2 Å². The molecule has 1 unspecified atom stereocenters. The molecule has 0 amide bonds. The van der Waals surface area contributed by atoms with Gasteiger partial charge in [0.05, 0.1) is 6.61 Å². The fourth-order valence-corrected chi connectivity index (χ4v) is 1.52. The van der Waals surface area contributed by atoms with Gasteiger partial charge in [-0.1, -0.05) is 13.8 Å². The average molecular weight is 187 g/mol. The van der Waals surface area contributed by atoms with Crippen molar-refractivity contribution in [3.63, 3.8) is 0 Å². The van der Waals surface area contributed by atoms with Crippen LogP contribution < -0.4 is 5.32 Å². The lowest BCUT2D eigenvalue weighted by Crippen LogP contribution is -2.58. The van der Waals surface area contributed by atoms with Gasteiger partial charge in [0.15, 0.2) is 0 Å². The van der Waals surface area contributed by atoms with E-state index in [2.05, 4.69) is 5.32 Å². The Morgan fingerprint density at radius 1 is 1.62 bits per heavy atom. The van der Waals surface area contributed by atoms with Crippen molar-refractivity contribution >= 4 is 5.97 Å². The molecule has 0 spiro atoms. The van der Waals surface area contributed by atoms with Crippen molar-refractivity contribution in [3.8, 4) is 0 Å². The van der Waals surface area contributed by atoms with Crippen LogP contribution in [0.1, 0.15) is 20.3 Å². The first-order valence-corrected chi connectivity index (χ1v) is 4.66. The fourth-order valence-electron chi connectivity index (χ4n) is 1.52. The first kappa shape index (κ1) is 10.5. The molecule has 76 valence electrons. The minimum atomic E-state index is -0.892.